The Balaban J connectivity index is 1.39. The van der Waals surface area contributed by atoms with Crippen LogP contribution in [-0.2, 0) is 19.3 Å². The molecule has 0 radical (unpaired) electrons. The molecule has 3 aliphatic carbocycles. The van der Waals surface area contributed by atoms with Gasteiger partial charge in [0.2, 0.25) is 0 Å². The lowest BCUT2D eigenvalue weighted by molar-refractivity contribution is 0.499. The molecule has 0 N–H and O–H groups in total. The quantitative estimate of drug-likeness (QED) is 0.621. The van der Waals surface area contributed by atoms with Gasteiger partial charge in [0.05, 0.1) is 0 Å². The Morgan fingerprint density at radius 1 is 1.00 bits per heavy atom. The molecule has 1 aromatic rings. The monoisotopic (exact) mass is 293 g/mol. The summed E-state index contributed by atoms with van der Waals surface area (Å²) in [4.78, 5) is 0. The van der Waals surface area contributed by atoms with Crippen molar-refractivity contribution >= 4 is 0 Å². The second-order valence-electron chi connectivity index (χ2n) is 8.20. The molecule has 0 bridgehead atoms. The van der Waals surface area contributed by atoms with E-state index in [-0.39, 0.29) is 0 Å². The summed E-state index contributed by atoms with van der Waals surface area (Å²) in [6, 6.07) is 5.01. The molecule has 3 atom stereocenters. The van der Waals surface area contributed by atoms with Crippen LogP contribution in [0.4, 0.5) is 0 Å². The van der Waals surface area contributed by atoms with Crippen LogP contribution in [0.2, 0.25) is 0 Å². The largest absolute Gasteiger partial charge is 0.207 e. The maximum absolute atomic E-state index is 2.58. The molecule has 4 rings (SSSR count). The van der Waals surface area contributed by atoms with Crippen LogP contribution in [0.1, 0.15) is 62.6 Å². The average Bonchev–Trinajstić information content (AvgIpc) is 3.07. The van der Waals surface area contributed by atoms with E-state index in [0.29, 0.717) is 5.92 Å². The highest BCUT2D eigenvalue weighted by atomic mass is 14.3. The van der Waals surface area contributed by atoms with Gasteiger partial charge in [-0.25, -0.2) is 6.07 Å². The van der Waals surface area contributed by atoms with Gasteiger partial charge in [-0.15, -0.1) is 0 Å². The van der Waals surface area contributed by atoms with Crippen LogP contribution in [-0.4, -0.2) is 0 Å². The molecule has 0 nitrogen and oxygen atoms in total. The average molecular weight is 293 g/mol. The van der Waals surface area contributed by atoms with E-state index in [1.54, 1.807) is 27.8 Å². The molecular formula is C22H29-. The van der Waals surface area contributed by atoms with Gasteiger partial charge in [0, 0.05) is 0 Å². The van der Waals surface area contributed by atoms with Gasteiger partial charge in [-0.05, 0) is 55.1 Å². The first-order valence-electron chi connectivity index (χ1n) is 9.36. The zero-order valence-corrected chi connectivity index (χ0v) is 14.2. The summed E-state index contributed by atoms with van der Waals surface area (Å²) in [5.41, 5.74) is 8.26. The molecule has 1 saturated carbocycles. The first kappa shape index (κ1) is 14.4. The lowest BCUT2D eigenvalue weighted by Gasteiger charge is -2.23. The molecule has 1 fully saturated rings. The van der Waals surface area contributed by atoms with Crippen molar-refractivity contribution in [1.29, 1.82) is 0 Å². The smallest absolute Gasteiger partial charge is 0.00393 e. The summed E-state index contributed by atoms with van der Waals surface area (Å²) in [6.07, 6.45) is 15.8. The van der Waals surface area contributed by atoms with E-state index in [1.165, 1.54) is 51.4 Å². The summed E-state index contributed by atoms with van der Waals surface area (Å²) in [5, 5.41) is 0. The number of allylic oxidation sites excluding steroid dienone is 4. The summed E-state index contributed by atoms with van der Waals surface area (Å²) < 4.78 is 0. The van der Waals surface area contributed by atoms with Crippen LogP contribution in [0.25, 0.3) is 0 Å². The number of fused-ring (bicyclic) bond motifs is 2. The number of hydrogen-bond donors (Lipinski definition) is 0. The highest BCUT2D eigenvalue weighted by Gasteiger charge is 2.23. The van der Waals surface area contributed by atoms with Gasteiger partial charge in [-0.1, -0.05) is 51.2 Å². The van der Waals surface area contributed by atoms with Crippen molar-refractivity contribution in [2.45, 2.75) is 65.2 Å². The first-order chi connectivity index (χ1) is 10.7. The van der Waals surface area contributed by atoms with E-state index >= 15 is 0 Å². The Labute approximate surface area is 135 Å². The molecule has 22 heavy (non-hydrogen) atoms. The number of aryl methyl sites for hydroxylation is 2. The van der Waals surface area contributed by atoms with Gasteiger partial charge in [-0.2, -0.15) is 22.8 Å². The maximum atomic E-state index is 2.58. The van der Waals surface area contributed by atoms with Gasteiger partial charge in [0.15, 0.2) is 0 Å². The van der Waals surface area contributed by atoms with E-state index in [4.69, 9.17) is 0 Å². The summed E-state index contributed by atoms with van der Waals surface area (Å²) in [7, 11) is 0. The highest BCUT2D eigenvalue weighted by Crippen LogP contribution is 2.39. The molecule has 0 aliphatic heterocycles. The van der Waals surface area contributed by atoms with Crippen molar-refractivity contribution in [2.24, 2.45) is 17.8 Å². The van der Waals surface area contributed by atoms with E-state index in [0.717, 1.165) is 11.8 Å². The molecule has 0 heterocycles. The Morgan fingerprint density at radius 2 is 1.77 bits per heavy atom. The topological polar surface area (TPSA) is 0 Å². The summed E-state index contributed by atoms with van der Waals surface area (Å²) in [5.74, 6) is 2.49. The van der Waals surface area contributed by atoms with E-state index in [2.05, 4.69) is 38.1 Å². The molecule has 0 saturated heterocycles. The van der Waals surface area contributed by atoms with Gasteiger partial charge in [0.1, 0.15) is 0 Å². The lowest BCUT2D eigenvalue weighted by Crippen LogP contribution is -2.08. The first-order valence-corrected chi connectivity index (χ1v) is 9.36. The van der Waals surface area contributed by atoms with Crippen molar-refractivity contribution in [1.82, 2.24) is 0 Å². The third kappa shape index (κ3) is 2.85. The molecule has 0 amide bonds. The van der Waals surface area contributed by atoms with Crippen molar-refractivity contribution in [2.75, 3.05) is 0 Å². The molecule has 0 aromatic heterocycles. The minimum absolute atomic E-state index is 0.709. The van der Waals surface area contributed by atoms with Crippen LogP contribution in [0.3, 0.4) is 0 Å². The van der Waals surface area contributed by atoms with Crippen LogP contribution >= 0.6 is 0 Å². The maximum Gasteiger partial charge on any atom is -0.00393 e. The number of rotatable bonds is 3. The van der Waals surface area contributed by atoms with Crippen LogP contribution in [0.5, 0.6) is 0 Å². The second-order valence-corrected chi connectivity index (χ2v) is 8.20. The highest BCUT2D eigenvalue weighted by molar-refractivity contribution is 5.41. The molecule has 0 heteroatoms. The lowest BCUT2D eigenvalue weighted by atomic mass is 9.85. The normalized spacial score (nSPS) is 30.5. The third-order valence-corrected chi connectivity index (χ3v) is 6.09. The van der Waals surface area contributed by atoms with Crippen molar-refractivity contribution < 1.29 is 0 Å². The Hall–Kier alpha value is -1.17. The van der Waals surface area contributed by atoms with Gasteiger partial charge in [0.25, 0.3) is 0 Å². The van der Waals surface area contributed by atoms with Crippen molar-refractivity contribution in [3.8, 4) is 0 Å². The SMILES string of the molecule is CC1CCC2=CC(CCc3cc4c([cH-]3)CCC(C)C4)C=C2C1. The fourth-order valence-electron chi connectivity index (χ4n) is 4.72. The van der Waals surface area contributed by atoms with Crippen molar-refractivity contribution in [3.63, 3.8) is 0 Å². The fraction of sp³-hybridized carbons (Fsp3) is 0.591. The summed E-state index contributed by atoms with van der Waals surface area (Å²) in [6.45, 7) is 4.80. The van der Waals surface area contributed by atoms with Gasteiger partial charge < -0.3 is 0 Å². The Kier molecular flexibility index (Phi) is 3.80. The van der Waals surface area contributed by atoms with E-state index in [9.17, 15) is 0 Å². The molecule has 0 spiro atoms. The van der Waals surface area contributed by atoms with E-state index < -0.39 is 0 Å². The molecule has 3 aliphatic rings. The van der Waals surface area contributed by atoms with E-state index in [1.807, 2.05) is 0 Å². The molecular weight excluding hydrogens is 264 g/mol. The second kappa shape index (κ2) is 5.80. The zero-order valence-electron chi connectivity index (χ0n) is 14.2. The molecule has 3 unspecified atom stereocenters. The predicted octanol–water partition coefficient (Wildman–Crippen LogP) is 5.77. The number of hydrogen-bond acceptors (Lipinski definition) is 0. The van der Waals surface area contributed by atoms with Crippen LogP contribution < -0.4 is 0 Å². The Bertz CT molecular complexity index is 610. The minimum Gasteiger partial charge on any atom is -0.207 e. The predicted molar refractivity (Wildman–Crippen MR) is 94.2 cm³/mol. The molecule has 118 valence electrons. The zero-order chi connectivity index (χ0) is 15.1. The standard InChI is InChI=1S/C22H29/c1-15-3-7-19-11-17(13-21(19)9-15)5-6-18-12-20-8-4-16(2)10-22(20)14-18/h11-17H,3-10H2,1-2H3/q-1. The molecule has 1 aromatic carbocycles. The van der Waals surface area contributed by atoms with Crippen molar-refractivity contribution in [3.05, 3.63) is 52.1 Å². The fourth-order valence-corrected chi connectivity index (χ4v) is 4.72. The minimum atomic E-state index is 0.709. The third-order valence-electron chi connectivity index (χ3n) is 6.09. The summed E-state index contributed by atoms with van der Waals surface area (Å²) >= 11 is 0. The van der Waals surface area contributed by atoms with Gasteiger partial charge in [-0.3, -0.25) is 0 Å². The Morgan fingerprint density at radius 3 is 2.68 bits per heavy atom. The van der Waals surface area contributed by atoms with Crippen LogP contribution in [0, 0.1) is 17.8 Å². The van der Waals surface area contributed by atoms with Crippen LogP contribution in [0.15, 0.2) is 35.4 Å². The van der Waals surface area contributed by atoms with Gasteiger partial charge >= 0.3 is 0 Å².